The Kier molecular flexibility index (Phi) is 14.5. The molecule has 0 spiro atoms. The fraction of sp³-hybridized carbons (Fsp3) is 0.485. The summed E-state index contributed by atoms with van der Waals surface area (Å²) in [6.45, 7) is 9.71. The number of hydrogen-bond donors (Lipinski definition) is 3. The molecular formula is C33H45N3O10. The largest absolute Gasteiger partial charge is 0.480 e. The van der Waals surface area contributed by atoms with Gasteiger partial charge >= 0.3 is 24.1 Å². The maximum atomic E-state index is 12.9. The van der Waals surface area contributed by atoms with Crippen LogP contribution in [0.5, 0.6) is 0 Å². The van der Waals surface area contributed by atoms with Crippen LogP contribution in [0.3, 0.4) is 0 Å². The van der Waals surface area contributed by atoms with Gasteiger partial charge in [-0.15, -0.1) is 0 Å². The van der Waals surface area contributed by atoms with Crippen LogP contribution in [-0.2, 0) is 46.6 Å². The fourth-order valence-electron chi connectivity index (χ4n) is 3.84. The third kappa shape index (κ3) is 15.4. The molecule has 2 atom stereocenters. The van der Waals surface area contributed by atoms with Gasteiger partial charge in [-0.25, -0.2) is 19.2 Å². The molecule has 46 heavy (non-hydrogen) atoms. The highest BCUT2D eigenvalue weighted by Gasteiger charge is 2.30. The van der Waals surface area contributed by atoms with E-state index in [1.54, 1.807) is 77.9 Å². The molecule has 0 radical (unpaired) electrons. The Labute approximate surface area is 269 Å². The van der Waals surface area contributed by atoms with Crippen molar-refractivity contribution in [2.75, 3.05) is 6.54 Å². The van der Waals surface area contributed by atoms with E-state index in [-0.39, 0.29) is 39.0 Å². The second-order valence-electron chi connectivity index (χ2n) is 12.4. The van der Waals surface area contributed by atoms with Crippen molar-refractivity contribution in [3.8, 4) is 0 Å². The zero-order valence-corrected chi connectivity index (χ0v) is 27.2. The molecule has 252 valence electrons. The van der Waals surface area contributed by atoms with Crippen LogP contribution in [-0.4, -0.2) is 70.0 Å². The summed E-state index contributed by atoms with van der Waals surface area (Å²) in [4.78, 5) is 68.6. The van der Waals surface area contributed by atoms with Gasteiger partial charge in [0.25, 0.3) is 0 Å². The first-order valence-corrected chi connectivity index (χ1v) is 14.9. The van der Waals surface area contributed by atoms with Crippen molar-refractivity contribution in [1.82, 2.24) is 15.7 Å². The average molecular weight is 644 g/mol. The lowest BCUT2D eigenvalue weighted by Gasteiger charge is -2.26. The zero-order chi connectivity index (χ0) is 34.3. The van der Waals surface area contributed by atoms with Gasteiger partial charge in [-0.05, 0) is 65.5 Å². The number of benzene rings is 2. The topological polar surface area (TPSA) is 170 Å². The second kappa shape index (κ2) is 17.7. The Morgan fingerprint density at radius 2 is 1.28 bits per heavy atom. The molecule has 3 amide bonds. The van der Waals surface area contributed by atoms with Gasteiger partial charge < -0.3 is 30.0 Å². The van der Waals surface area contributed by atoms with E-state index in [4.69, 9.17) is 19.0 Å². The number of aliphatic carboxylic acids is 1. The summed E-state index contributed by atoms with van der Waals surface area (Å²) in [7, 11) is 0. The van der Waals surface area contributed by atoms with E-state index in [0.29, 0.717) is 0 Å². The third-order valence-electron chi connectivity index (χ3n) is 5.94. The Hall–Kier alpha value is -4.65. The summed E-state index contributed by atoms with van der Waals surface area (Å²) in [5.41, 5.74) is -0.175. The predicted molar refractivity (Wildman–Crippen MR) is 167 cm³/mol. The van der Waals surface area contributed by atoms with Crippen LogP contribution in [0.15, 0.2) is 60.7 Å². The van der Waals surface area contributed by atoms with Crippen LogP contribution in [0, 0.1) is 0 Å². The lowest BCUT2D eigenvalue weighted by Crippen LogP contribution is -2.47. The molecule has 0 unspecified atom stereocenters. The van der Waals surface area contributed by atoms with Crippen molar-refractivity contribution in [2.24, 2.45) is 0 Å². The number of carboxylic acid groups (broad SMARTS) is 1. The Balaban J connectivity index is 2.04. The number of hydroxylamine groups is 2. The molecular weight excluding hydrogens is 598 g/mol. The van der Waals surface area contributed by atoms with Crippen LogP contribution in [0.4, 0.5) is 9.59 Å². The minimum atomic E-state index is -1.41. The normalized spacial score (nSPS) is 12.7. The van der Waals surface area contributed by atoms with Gasteiger partial charge in [0.15, 0.2) is 0 Å². The Bertz CT molecular complexity index is 1290. The number of carbonyl (C=O) groups excluding carboxylic acids is 4. The van der Waals surface area contributed by atoms with E-state index in [9.17, 15) is 29.1 Å². The molecule has 13 nitrogen and oxygen atoms in total. The summed E-state index contributed by atoms with van der Waals surface area (Å²) in [6.07, 6.45) is -2.44. The van der Waals surface area contributed by atoms with Crippen molar-refractivity contribution >= 4 is 30.0 Å². The smallest absolute Gasteiger partial charge is 0.434 e. The zero-order valence-electron chi connectivity index (χ0n) is 27.2. The molecule has 0 saturated heterocycles. The number of carboxylic acids is 1. The molecule has 0 aliphatic carbocycles. The van der Waals surface area contributed by atoms with Gasteiger partial charge in [-0.2, -0.15) is 5.06 Å². The molecule has 2 aromatic rings. The average Bonchev–Trinajstić information content (AvgIpc) is 2.96. The molecule has 0 aliphatic rings. The van der Waals surface area contributed by atoms with E-state index in [2.05, 4.69) is 10.6 Å². The van der Waals surface area contributed by atoms with E-state index >= 15 is 0 Å². The van der Waals surface area contributed by atoms with E-state index < -0.39 is 53.3 Å². The predicted octanol–water partition coefficient (Wildman–Crippen LogP) is 4.73. The first-order chi connectivity index (χ1) is 21.5. The van der Waals surface area contributed by atoms with Gasteiger partial charge in [0, 0.05) is 6.42 Å². The SMILES string of the molecule is CC(C)(C)OC(=O)N[C@@H](CCC(=O)N[C@@H](CCN(OCc1ccccc1)C(=O)OCc1ccccc1)C(=O)O)C(=O)OC(C)(C)C. The molecule has 0 saturated carbocycles. The van der Waals surface area contributed by atoms with Gasteiger partial charge in [-0.3, -0.25) is 9.63 Å². The van der Waals surface area contributed by atoms with E-state index in [0.717, 1.165) is 16.2 Å². The molecule has 2 rings (SSSR count). The van der Waals surface area contributed by atoms with Crippen LogP contribution >= 0.6 is 0 Å². The molecule has 13 heteroatoms. The third-order valence-corrected chi connectivity index (χ3v) is 5.94. The lowest BCUT2D eigenvalue weighted by molar-refractivity contribution is -0.157. The van der Waals surface area contributed by atoms with Gasteiger partial charge in [0.1, 0.15) is 36.5 Å². The van der Waals surface area contributed by atoms with Crippen LogP contribution in [0.1, 0.15) is 71.9 Å². The molecule has 0 heterocycles. The number of rotatable bonds is 15. The summed E-state index contributed by atoms with van der Waals surface area (Å²) < 4.78 is 16.0. The number of alkyl carbamates (subject to hydrolysis) is 1. The molecule has 2 aromatic carbocycles. The summed E-state index contributed by atoms with van der Waals surface area (Å²) in [5, 5.41) is 15.6. The minimum Gasteiger partial charge on any atom is -0.480 e. The molecule has 0 fully saturated rings. The highest BCUT2D eigenvalue weighted by molar-refractivity contribution is 5.85. The van der Waals surface area contributed by atoms with E-state index in [1.807, 2.05) is 24.3 Å². The van der Waals surface area contributed by atoms with Crippen molar-refractivity contribution in [3.05, 3.63) is 71.8 Å². The summed E-state index contributed by atoms with van der Waals surface area (Å²) in [6, 6.07) is 15.4. The minimum absolute atomic E-state index is 0.0159. The summed E-state index contributed by atoms with van der Waals surface area (Å²) >= 11 is 0. The Morgan fingerprint density at radius 3 is 1.80 bits per heavy atom. The fourth-order valence-corrected chi connectivity index (χ4v) is 3.84. The van der Waals surface area contributed by atoms with Crippen molar-refractivity contribution in [1.29, 1.82) is 0 Å². The quantitative estimate of drug-likeness (QED) is 0.140. The number of amides is 3. The van der Waals surface area contributed by atoms with Gasteiger partial charge in [-0.1, -0.05) is 60.7 Å². The molecule has 3 N–H and O–H groups in total. The molecule has 0 bridgehead atoms. The summed E-state index contributed by atoms with van der Waals surface area (Å²) in [5.74, 6) is -2.82. The Morgan fingerprint density at radius 1 is 0.739 bits per heavy atom. The number of carbonyl (C=O) groups is 5. The molecule has 0 aliphatic heterocycles. The maximum Gasteiger partial charge on any atom is 0.434 e. The number of esters is 1. The molecule has 0 aromatic heterocycles. The van der Waals surface area contributed by atoms with Gasteiger partial charge in [0.2, 0.25) is 5.91 Å². The van der Waals surface area contributed by atoms with Crippen LogP contribution in [0.25, 0.3) is 0 Å². The maximum absolute atomic E-state index is 12.9. The van der Waals surface area contributed by atoms with Crippen molar-refractivity contribution < 1.29 is 48.1 Å². The first-order valence-electron chi connectivity index (χ1n) is 14.9. The number of nitrogens with one attached hydrogen (secondary N) is 2. The van der Waals surface area contributed by atoms with Crippen LogP contribution in [0.2, 0.25) is 0 Å². The first kappa shape index (κ1) is 37.5. The van der Waals surface area contributed by atoms with Crippen molar-refractivity contribution in [3.63, 3.8) is 0 Å². The van der Waals surface area contributed by atoms with Gasteiger partial charge in [0.05, 0.1) is 6.54 Å². The highest BCUT2D eigenvalue weighted by atomic mass is 16.7. The van der Waals surface area contributed by atoms with E-state index in [1.165, 1.54) is 0 Å². The highest BCUT2D eigenvalue weighted by Crippen LogP contribution is 2.14. The number of ether oxygens (including phenoxy) is 3. The second-order valence-corrected chi connectivity index (χ2v) is 12.4. The lowest BCUT2D eigenvalue weighted by atomic mass is 10.1. The standard InChI is InChI=1S/C33H45N3O10/c1-32(2,3)45-29(40)26(35-30(41)46-33(4,5)6)17-18-27(37)34-25(28(38)39)19-20-36(44-22-24-15-11-8-12-16-24)31(42)43-21-23-13-9-7-10-14-23/h7-16,25-26H,17-22H2,1-6H3,(H,34,37)(H,35,41)(H,38,39)/t25-,26-/m0/s1. The number of hydrogen-bond acceptors (Lipinski definition) is 9. The number of nitrogens with zero attached hydrogens (tertiary/aromatic N) is 1. The van der Waals surface area contributed by atoms with Crippen LogP contribution < -0.4 is 10.6 Å². The monoisotopic (exact) mass is 643 g/mol. The van der Waals surface area contributed by atoms with Crippen molar-refractivity contribution in [2.45, 2.75) is 97.3 Å².